The van der Waals surface area contributed by atoms with Crippen molar-refractivity contribution in [1.82, 2.24) is 0 Å². The van der Waals surface area contributed by atoms with Crippen LogP contribution < -0.4 is 16.1 Å². The molecule has 0 fully saturated rings. The molecule has 0 unspecified atom stereocenters. The molecule has 2 N–H and O–H groups in total. The van der Waals surface area contributed by atoms with E-state index in [0.29, 0.717) is 5.76 Å². The molecule has 0 saturated carbocycles. The number of nitrogens with two attached hydrogens (primary N) is 1. The number of nitrogens with zero attached hydrogens (tertiary/aromatic N) is 2. The highest BCUT2D eigenvalue weighted by molar-refractivity contribution is 5.53. The third-order valence-electron chi connectivity index (χ3n) is 3.33. The van der Waals surface area contributed by atoms with Crippen molar-refractivity contribution in [1.29, 1.82) is 5.26 Å². The number of hydrogen-bond donors (Lipinski definition) is 1. The molecule has 23 heavy (non-hydrogen) atoms. The van der Waals surface area contributed by atoms with Crippen LogP contribution in [0, 0.1) is 28.4 Å². The molecule has 1 aliphatic heterocycles. The van der Waals surface area contributed by atoms with Gasteiger partial charge in [-0.25, -0.2) is 4.79 Å². The number of furan rings is 1. The quantitative estimate of drug-likeness (QED) is 0.650. The minimum atomic E-state index is -1.03. The largest absolute Gasteiger partial charge is 0.440 e. The first-order valence-electron chi connectivity index (χ1n) is 6.38. The monoisotopic (exact) mass is 315 g/mol. The molecule has 0 saturated heterocycles. The summed E-state index contributed by atoms with van der Waals surface area (Å²) in [6.45, 7) is 1.55. The van der Waals surface area contributed by atoms with Crippen molar-refractivity contribution in [3.8, 4) is 11.8 Å². The topological polar surface area (TPSA) is 146 Å². The number of nitro groups is 1. The second-order valence-corrected chi connectivity index (χ2v) is 4.78. The van der Waals surface area contributed by atoms with Crippen molar-refractivity contribution in [2.75, 3.05) is 0 Å². The van der Waals surface area contributed by atoms with Crippen molar-refractivity contribution in [3.05, 3.63) is 67.3 Å². The molecule has 3 rings (SSSR count). The van der Waals surface area contributed by atoms with E-state index in [1.165, 1.54) is 12.1 Å². The van der Waals surface area contributed by atoms with Gasteiger partial charge in [0.15, 0.2) is 0 Å². The van der Waals surface area contributed by atoms with Crippen LogP contribution in [0.15, 0.2) is 43.3 Å². The van der Waals surface area contributed by atoms with Gasteiger partial charge in [0.05, 0.1) is 17.5 Å². The van der Waals surface area contributed by atoms with Gasteiger partial charge in [0.2, 0.25) is 5.88 Å². The SMILES string of the molecule is Cc1cc2c(c(=O)o1)[C@H](c1ccc([N+](=O)[O-])o1)C(C#N)=C(N)O2. The van der Waals surface area contributed by atoms with Crippen LogP contribution in [0.2, 0.25) is 0 Å². The molecule has 1 atom stereocenters. The minimum absolute atomic E-state index is 0.00518. The van der Waals surface area contributed by atoms with Gasteiger partial charge in [0, 0.05) is 6.07 Å². The molecule has 0 radical (unpaired) electrons. The molecule has 9 nitrogen and oxygen atoms in total. The van der Waals surface area contributed by atoms with Crippen LogP contribution >= 0.6 is 0 Å². The molecule has 0 bridgehead atoms. The Hall–Kier alpha value is -3.54. The maximum atomic E-state index is 12.2. The van der Waals surface area contributed by atoms with Crippen molar-refractivity contribution in [2.24, 2.45) is 5.73 Å². The van der Waals surface area contributed by atoms with E-state index >= 15 is 0 Å². The molecule has 0 amide bonds. The first-order chi connectivity index (χ1) is 10.9. The maximum absolute atomic E-state index is 12.2. The van der Waals surface area contributed by atoms with Crippen LogP contribution in [0.4, 0.5) is 5.88 Å². The number of allylic oxidation sites excluding steroid dienone is 1. The van der Waals surface area contributed by atoms with Crippen LogP contribution in [-0.2, 0) is 0 Å². The Morgan fingerprint density at radius 2 is 2.13 bits per heavy atom. The summed E-state index contributed by atoms with van der Waals surface area (Å²) in [6, 6.07) is 5.73. The number of nitriles is 1. The van der Waals surface area contributed by atoms with Crippen molar-refractivity contribution >= 4 is 5.88 Å². The van der Waals surface area contributed by atoms with Gasteiger partial charge < -0.3 is 19.3 Å². The van der Waals surface area contributed by atoms with E-state index in [-0.39, 0.29) is 28.5 Å². The van der Waals surface area contributed by atoms with Crippen LogP contribution in [0.25, 0.3) is 0 Å². The zero-order chi connectivity index (χ0) is 16.7. The zero-order valence-corrected chi connectivity index (χ0v) is 11.7. The summed E-state index contributed by atoms with van der Waals surface area (Å²) in [5, 5.41) is 20.1. The molecule has 3 heterocycles. The lowest BCUT2D eigenvalue weighted by Crippen LogP contribution is -2.26. The van der Waals surface area contributed by atoms with Crippen molar-refractivity contribution in [3.63, 3.8) is 0 Å². The van der Waals surface area contributed by atoms with E-state index in [2.05, 4.69) is 0 Å². The molecule has 1 aliphatic rings. The third-order valence-corrected chi connectivity index (χ3v) is 3.33. The summed E-state index contributed by atoms with van der Waals surface area (Å²) in [7, 11) is 0. The van der Waals surface area contributed by atoms with Gasteiger partial charge in [-0.15, -0.1) is 0 Å². The van der Waals surface area contributed by atoms with Gasteiger partial charge in [-0.3, -0.25) is 10.1 Å². The average molecular weight is 315 g/mol. The molecule has 0 aliphatic carbocycles. The van der Waals surface area contributed by atoms with Gasteiger partial charge in [0.25, 0.3) is 0 Å². The standard InChI is InChI=1S/C14H9N3O6/c1-6-4-9-12(14(18)21-6)11(7(5-15)13(16)23-9)8-2-3-10(22-8)17(19)20/h2-4,11H,16H2,1H3/t11-/m0/s1. The predicted octanol–water partition coefficient (Wildman–Crippen LogP) is 1.67. The first-order valence-corrected chi connectivity index (χ1v) is 6.38. The number of rotatable bonds is 2. The molecule has 9 heteroatoms. The highest BCUT2D eigenvalue weighted by Crippen LogP contribution is 2.41. The zero-order valence-electron chi connectivity index (χ0n) is 11.7. The van der Waals surface area contributed by atoms with Crippen molar-refractivity contribution in [2.45, 2.75) is 12.8 Å². The van der Waals surface area contributed by atoms with E-state index in [9.17, 15) is 20.2 Å². The summed E-state index contributed by atoms with van der Waals surface area (Å²) in [5.41, 5.74) is 4.91. The smallest absolute Gasteiger partial charge is 0.433 e. The fraction of sp³-hybridized carbons (Fsp3) is 0.143. The summed E-state index contributed by atoms with van der Waals surface area (Å²) < 4.78 is 15.5. The lowest BCUT2D eigenvalue weighted by Gasteiger charge is -2.23. The molecule has 0 spiro atoms. The second-order valence-electron chi connectivity index (χ2n) is 4.78. The normalized spacial score (nSPS) is 16.4. The molecule has 2 aromatic heterocycles. The lowest BCUT2D eigenvalue weighted by molar-refractivity contribution is -0.402. The van der Waals surface area contributed by atoms with E-state index < -0.39 is 22.4 Å². The number of aryl methyl sites for hydroxylation is 1. The average Bonchev–Trinajstić information content (AvgIpc) is 2.95. The molecule has 2 aromatic rings. The highest BCUT2D eigenvalue weighted by Gasteiger charge is 2.37. The van der Waals surface area contributed by atoms with Crippen LogP contribution in [0.5, 0.6) is 5.75 Å². The Bertz CT molecular complexity index is 946. The molecule has 116 valence electrons. The summed E-state index contributed by atoms with van der Waals surface area (Å²) in [4.78, 5) is 22.2. The minimum Gasteiger partial charge on any atom is -0.440 e. The first kappa shape index (κ1) is 14.4. The van der Waals surface area contributed by atoms with Crippen LogP contribution in [-0.4, -0.2) is 4.92 Å². The number of hydrogen-bond acceptors (Lipinski definition) is 8. The molecular weight excluding hydrogens is 306 g/mol. The van der Waals surface area contributed by atoms with Gasteiger partial charge in [-0.05, 0) is 13.0 Å². The molecule has 0 aromatic carbocycles. The Morgan fingerprint density at radius 3 is 2.74 bits per heavy atom. The van der Waals surface area contributed by atoms with Gasteiger partial charge >= 0.3 is 11.5 Å². The summed E-state index contributed by atoms with van der Waals surface area (Å²) in [5.74, 6) is -1.30. The summed E-state index contributed by atoms with van der Waals surface area (Å²) >= 11 is 0. The van der Waals surface area contributed by atoms with Crippen LogP contribution in [0.3, 0.4) is 0 Å². The Morgan fingerprint density at radius 1 is 1.39 bits per heavy atom. The van der Waals surface area contributed by atoms with Gasteiger partial charge in [-0.2, -0.15) is 5.26 Å². The fourth-order valence-corrected chi connectivity index (χ4v) is 2.40. The van der Waals surface area contributed by atoms with E-state index in [0.717, 1.165) is 6.07 Å². The molecular formula is C14H9N3O6. The fourth-order valence-electron chi connectivity index (χ4n) is 2.40. The maximum Gasteiger partial charge on any atom is 0.433 e. The van der Waals surface area contributed by atoms with E-state index in [4.69, 9.17) is 19.3 Å². The van der Waals surface area contributed by atoms with Gasteiger partial charge in [0.1, 0.15) is 33.8 Å². The van der Waals surface area contributed by atoms with Crippen LogP contribution in [0.1, 0.15) is 23.0 Å². The van der Waals surface area contributed by atoms with E-state index in [1.807, 2.05) is 6.07 Å². The Balaban J connectivity index is 2.27. The number of ether oxygens (including phenoxy) is 1. The third kappa shape index (κ3) is 2.22. The number of fused-ring (bicyclic) bond motifs is 1. The second kappa shape index (κ2) is 5.03. The van der Waals surface area contributed by atoms with Gasteiger partial charge in [-0.1, -0.05) is 0 Å². The highest BCUT2D eigenvalue weighted by atomic mass is 16.6. The van der Waals surface area contributed by atoms with E-state index in [1.54, 1.807) is 6.92 Å². The Kier molecular flexibility index (Phi) is 3.15. The Labute approximate surface area is 128 Å². The predicted molar refractivity (Wildman–Crippen MR) is 74.4 cm³/mol. The van der Waals surface area contributed by atoms with Crippen molar-refractivity contribution < 1.29 is 18.5 Å². The lowest BCUT2D eigenvalue weighted by atomic mass is 9.88. The summed E-state index contributed by atoms with van der Waals surface area (Å²) in [6.07, 6.45) is 0.